The quantitative estimate of drug-likeness (QED) is 0.699. The zero-order valence-corrected chi connectivity index (χ0v) is 16.1. The first-order chi connectivity index (χ1) is 12.9. The van der Waals surface area contributed by atoms with Crippen LogP contribution in [0.3, 0.4) is 0 Å². The van der Waals surface area contributed by atoms with E-state index in [1.807, 2.05) is 41.1 Å². The number of hydrogen-bond acceptors (Lipinski definition) is 2. The second kappa shape index (κ2) is 8.08. The van der Waals surface area contributed by atoms with E-state index in [0.29, 0.717) is 6.54 Å². The lowest BCUT2D eigenvalue weighted by Gasteiger charge is -2.19. The Balaban J connectivity index is 1.58. The van der Waals surface area contributed by atoms with Crippen LogP contribution in [0.25, 0.3) is 0 Å². The second-order valence-electron chi connectivity index (χ2n) is 7.64. The van der Waals surface area contributed by atoms with Crippen LogP contribution in [-0.4, -0.2) is 15.6 Å². The summed E-state index contributed by atoms with van der Waals surface area (Å²) in [7, 11) is 0. The van der Waals surface area contributed by atoms with Gasteiger partial charge in [0, 0.05) is 31.2 Å². The highest BCUT2D eigenvalue weighted by Gasteiger charge is 2.13. The van der Waals surface area contributed by atoms with Gasteiger partial charge in [-0.25, -0.2) is 9.78 Å². The standard InChI is InChI=1S/C22H26N4O/c1-22(2,3)19-8-10-20(11-9-19)25-21(27)24-14-17-6-4-5-7-18(17)15-26-13-12-23-16-26/h4-13,16H,14-15H2,1-3H3,(H2,24,25,27). The highest BCUT2D eigenvalue weighted by molar-refractivity contribution is 5.89. The number of carbonyl (C=O) groups is 1. The minimum Gasteiger partial charge on any atom is -0.334 e. The predicted molar refractivity (Wildman–Crippen MR) is 109 cm³/mol. The topological polar surface area (TPSA) is 59.0 Å². The van der Waals surface area contributed by atoms with Gasteiger partial charge in [-0.1, -0.05) is 57.2 Å². The summed E-state index contributed by atoms with van der Waals surface area (Å²) < 4.78 is 2.01. The monoisotopic (exact) mass is 362 g/mol. The van der Waals surface area contributed by atoms with Gasteiger partial charge in [0.25, 0.3) is 0 Å². The van der Waals surface area contributed by atoms with Crippen LogP contribution in [0.5, 0.6) is 0 Å². The molecule has 5 heteroatoms. The minimum absolute atomic E-state index is 0.0970. The van der Waals surface area contributed by atoms with Gasteiger partial charge in [0.15, 0.2) is 0 Å². The molecule has 2 aromatic carbocycles. The summed E-state index contributed by atoms with van der Waals surface area (Å²) in [4.78, 5) is 16.3. The molecule has 0 radical (unpaired) electrons. The third-order valence-corrected chi connectivity index (χ3v) is 4.48. The lowest BCUT2D eigenvalue weighted by molar-refractivity contribution is 0.251. The third kappa shape index (κ3) is 5.20. The maximum absolute atomic E-state index is 12.3. The number of urea groups is 1. The molecule has 0 aliphatic heterocycles. The number of rotatable bonds is 5. The fourth-order valence-electron chi connectivity index (χ4n) is 2.87. The number of nitrogens with zero attached hydrogens (tertiary/aromatic N) is 2. The van der Waals surface area contributed by atoms with Crippen molar-refractivity contribution < 1.29 is 4.79 Å². The first-order valence-electron chi connectivity index (χ1n) is 9.10. The Morgan fingerprint density at radius 1 is 1.04 bits per heavy atom. The molecule has 0 saturated carbocycles. The summed E-state index contributed by atoms with van der Waals surface area (Å²) in [5.74, 6) is 0. The van der Waals surface area contributed by atoms with E-state index in [4.69, 9.17) is 0 Å². The molecule has 0 spiro atoms. The Morgan fingerprint density at radius 3 is 2.37 bits per heavy atom. The molecule has 140 valence electrons. The van der Waals surface area contributed by atoms with Crippen molar-refractivity contribution in [2.75, 3.05) is 5.32 Å². The molecule has 0 aliphatic rings. The minimum atomic E-state index is -0.212. The van der Waals surface area contributed by atoms with Crippen LogP contribution in [-0.2, 0) is 18.5 Å². The number of benzene rings is 2. The second-order valence-corrected chi connectivity index (χ2v) is 7.64. The van der Waals surface area contributed by atoms with E-state index in [9.17, 15) is 4.79 Å². The van der Waals surface area contributed by atoms with Gasteiger partial charge in [-0.15, -0.1) is 0 Å². The van der Waals surface area contributed by atoms with Gasteiger partial charge in [-0.3, -0.25) is 0 Å². The lowest BCUT2D eigenvalue weighted by atomic mass is 9.87. The van der Waals surface area contributed by atoms with Crippen LogP contribution < -0.4 is 10.6 Å². The molecule has 0 fully saturated rings. The molecule has 2 amide bonds. The normalized spacial score (nSPS) is 11.2. The number of aromatic nitrogens is 2. The number of amides is 2. The van der Waals surface area contributed by atoms with Crippen LogP contribution in [0.15, 0.2) is 67.3 Å². The molecular weight excluding hydrogens is 336 g/mol. The van der Waals surface area contributed by atoms with Crippen molar-refractivity contribution in [3.63, 3.8) is 0 Å². The molecule has 1 heterocycles. The lowest BCUT2D eigenvalue weighted by Crippen LogP contribution is -2.28. The highest BCUT2D eigenvalue weighted by atomic mass is 16.2. The van der Waals surface area contributed by atoms with Crippen LogP contribution in [0.1, 0.15) is 37.5 Å². The molecule has 0 aliphatic carbocycles. The third-order valence-electron chi connectivity index (χ3n) is 4.48. The average molecular weight is 362 g/mol. The van der Waals surface area contributed by atoms with E-state index in [0.717, 1.165) is 23.4 Å². The smallest absolute Gasteiger partial charge is 0.319 e. The highest BCUT2D eigenvalue weighted by Crippen LogP contribution is 2.23. The first kappa shape index (κ1) is 18.7. The van der Waals surface area contributed by atoms with Crippen molar-refractivity contribution in [1.82, 2.24) is 14.9 Å². The Labute approximate surface area is 160 Å². The summed E-state index contributed by atoms with van der Waals surface area (Å²) in [6.45, 7) is 7.71. The predicted octanol–water partition coefficient (Wildman–Crippen LogP) is 4.55. The van der Waals surface area contributed by atoms with Crippen molar-refractivity contribution in [1.29, 1.82) is 0 Å². The average Bonchev–Trinajstić information content (AvgIpc) is 3.14. The number of imidazole rings is 1. The number of carbonyl (C=O) groups excluding carboxylic acids is 1. The maximum atomic E-state index is 12.3. The van der Waals surface area contributed by atoms with Gasteiger partial charge in [-0.05, 0) is 34.2 Å². The number of nitrogens with one attached hydrogen (secondary N) is 2. The van der Waals surface area contributed by atoms with E-state index >= 15 is 0 Å². The Kier molecular flexibility index (Phi) is 5.60. The van der Waals surface area contributed by atoms with Gasteiger partial charge in [0.1, 0.15) is 0 Å². The van der Waals surface area contributed by atoms with Crippen molar-refractivity contribution in [3.05, 3.63) is 83.9 Å². The summed E-state index contributed by atoms with van der Waals surface area (Å²) in [6, 6.07) is 15.9. The van der Waals surface area contributed by atoms with Gasteiger partial charge >= 0.3 is 6.03 Å². The first-order valence-corrected chi connectivity index (χ1v) is 9.10. The summed E-state index contributed by atoms with van der Waals surface area (Å²) in [6.07, 6.45) is 5.48. The van der Waals surface area contributed by atoms with Gasteiger partial charge in [0.2, 0.25) is 0 Å². The molecule has 3 rings (SSSR count). The number of anilines is 1. The maximum Gasteiger partial charge on any atom is 0.319 e. The molecule has 0 saturated heterocycles. The number of hydrogen-bond donors (Lipinski definition) is 2. The van der Waals surface area contributed by atoms with Crippen molar-refractivity contribution in [2.45, 2.75) is 39.3 Å². The van der Waals surface area contributed by atoms with Gasteiger partial charge in [0.05, 0.1) is 6.33 Å². The Morgan fingerprint density at radius 2 is 1.74 bits per heavy atom. The summed E-state index contributed by atoms with van der Waals surface area (Å²) in [5, 5.41) is 5.83. The van der Waals surface area contributed by atoms with Gasteiger partial charge < -0.3 is 15.2 Å². The molecular formula is C22H26N4O. The fraction of sp³-hybridized carbons (Fsp3) is 0.273. The molecule has 1 aromatic heterocycles. The van der Waals surface area contributed by atoms with Crippen LogP contribution in [0, 0.1) is 0 Å². The zero-order valence-electron chi connectivity index (χ0n) is 16.1. The molecule has 0 atom stereocenters. The largest absolute Gasteiger partial charge is 0.334 e. The zero-order chi connectivity index (χ0) is 19.3. The van der Waals surface area contributed by atoms with Crippen molar-refractivity contribution in [3.8, 4) is 0 Å². The van der Waals surface area contributed by atoms with Crippen LogP contribution in [0.2, 0.25) is 0 Å². The van der Waals surface area contributed by atoms with E-state index in [2.05, 4.69) is 54.6 Å². The Bertz CT molecular complexity index is 877. The van der Waals surface area contributed by atoms with E-state index in [1.54, 1.807) is 12.5 Å². The molecule has 0 bridgehead atoms. The van der Waals surface area contributed by atoms with E-state index in [1.165, 1.54) is 5.56 Å². The van der Waals surface area contributed by atoms with Crippen molar-refractivity contribution >= 4 is 11.7 Å². The Hall–Kier alpha value is -3.08. The van der Waals surface area contributed by atoms with Gasteiger partial charge in [-0.2, -0.15) is 0 Å². The summed E-state index contributed by atoms with van der Waals surface area (Å²) >= 11 is 0. The van der Waals surface area contributed by atoms with Crippen LogP contribution in [0.4, 0.5) is 10.5 Å². The molecule has 2 N–H and O–H groups in total. The van der Waals surface area contributed by atoms with E-state index < -0.39 is 0 Å². The fourth-order valence-corrected chi connectivity index (χ4v) is 2.87. The molecule has 3 aromatic rings. The van der Waals surface area contributed by atoms with Crippen molar-refractivity contribution in [2.24, 2.45) is 0 Å². The van der Waals surface area contributed by atoms with Crippen LogP contribution >= 0.6 is 0 Å². The molecule has 5 nitrogen and oxygen atoms in total. The molecule has 0 unspecified atom stereocenters. The molecule has 27 heavy (non-hydrogen) atoms. The summed E-state index contributed by atoms with van der Waals surface area (Å²) in [5.41, 5.74) is 4.36. The van der Waals surface area contributed by atoms with E-state index in [-0.39, 0.29) is 11.4 Å². The SMILES string of the molecule is CC(C)(C)c1ccc(NC(=O)NCc2ccccc2Cn2ccnc2)cc1.